The fourth-order valence-electron chi connectivity index (χ4n) is 1.89. The molecule has 0 atom stereocenters. The van der Waals surface area contributed by atoms with Gasteiger partial charge in [0.15, 0.2) is 0 Å². The zero-order valence-corrected chi connectivity index (χ0v) is 11.6. The molecule has 0 unspecified atom stereocenters. The average Bonchev–Trinajstić information content (AvgIpc) is 2.53. The first-order valence-electron chi connectivity index (χ1n) is 6.18. The summed E-state index contributed by atoms with van der Waals surface area (Å²) in [4.78, 5) is 11.7. The number of amides is 1. The van der Waals surface area contributed by atoms with Crippen LogP contribution in [0.15, 0.2) is 0 Å². The van der Waals surface area contributed by atoms with Crippen LogP contribution in [-0.2, 0) is 17.8 Å². The molecule has 0 radical (unpaired) electrons. The standard InChI is InChI=1S/C14H21N3O/c1-6-7-15-14(18)8-13-11(4)16-17(12(13)5)9-10(2)3/h1,10H,7-9H2,2-5H3,(H,15,18). The molecule has 1 aromatic rings. The minimum absolute atomic E-state index is 0.0525. The molecule has 1 amide bonds. The van der Waals surface area contributed by atoms with Gasteiger partial charge in [-0.15, -0.1) is 6.42 Å². The Morgan fingerprint density at radius 2 is 2.17 bits per heavy atom. The van der Waals surface area contributed by atoms with Gasteiger partial charge in [-0.25, -0.2) is 0 Å². The Kier molecular flexibility index (Phi) is 4.96. The van der Waals surface area contributed by atoms with E-state index in [1.165, 1.54) is 0 Å². The Balaban J connectivity index is 2.80. The van der Waals surface area contributed by atoms with Crippen molar-refractivity contribution in [1.29, 1.82) is 0 Å². The zero-order valence-electron chi connectivity index (χ0n) is 11.6. The third-order valence-electron chi connectivity index (χ3n) is 2.79. The lowest BCUT2D eigenvalue weighted by atomic mass is 10.1. The number of rotatable bonds is 5. The molecule has 1 aromatic heterocycles. The van der Waals surface area contributed by atoms with Crippen LogP contribution in [0.5, 0.6) is 0 Å². The van der Waals surface area contributed by atoms with Crippen molar-refractivity contribution in [2.45, 2.75) is 40.7 Å². The first-order chi connectivity index (χ1) is 8.45. The van der Waals surface area contributed by atoms with Crippen LogP contribution in [0.3, 0.4) is 0 Å². The molecule has 1 heterocycles. The first-order valence-corrected chi connectivity index (χ1v) is 6.18. The van der Waals surface area contributed by atoms with E-state index in [1.807, 2.05) is 18.5 Å². The second-order valence-electron chi connectivity index (χ2n) is 4.88. The molecule has 0 aliphatic rings. The van der Waals surface area contributed by atoms with Crippen LogP contribution in [0.4, 0.5) is 0 Å². The second-order valence-corrected chi connectivity index (χ2v) is 4.88. The molecule has 0 aromatic carbocycles. The van der Waals surface area contributed by atoms with E-state index in [4.69, 9.17) is 6.42 Å². The maximum Gasteiger partial charge on any atom is 0.225 e. The molecule has 0 bridgehead atoms. The second kappa shape index (κ2) is 6.25. The van der Waals surface area contributed by atoms with Crippen molar-refractivity contribution < 1.29 is 4.79 Å². The molecule has 98 valence electrons. The highest BCUT2D eigenvalue weighted by Gasteiger charge is 2.15. The van der Waals surface area contributed by atoms with Gasteiger partial charge in [-0.1, -0.05) is 19.8 Å². The summed E-state index contributed by atoms with van der Waals surface area (Å²) in [7, 11) is 0. The van der Waals surface area contributed by atoms with Gasteiger partial charge in [-0.3, -0.25) is 9.48 Å². The summed E-state index contributed by atoms with van der Waals surface area (Å²) in [6.07, 6.45) is 5.45. The van der Waals surface area contributed by atoms with Crippen molar-refractivity contribution in [3.63, 3.8) is 0 Å². The normalized spacial score (nSPS) is 10.4. The Morgan fingerprint density at radius 1 is 1.50 bits per heavy atom. The molecule has 1 rings (SSSR count). The number of aromatic nitrogens is 2. The van der Waals surface area contributed by atoms with Crippen LogP contribution in [-0.4, -0.2) is 22.2 Å². The fourth-order valence-corrected chi connectivity index (χ4v) is 1.89. The highest BCUT2D eigenvalue weighted by molar-refractivity contribution is 5.79. The monoisotopic (exact) mass is 247 g/mol. The fraction of sp³-hybridized carbons (Fsp3) is 0.571. The third-order valence-corrected chi connectivity index (χ3v) is 2.79. The van der Waals surface area contributed by atoms with Crippen molar-refractivity contribution in [1.82, 2.24) is 15.1 Å². The number of nitrogens with zero attached hydrogens (tertiary/aromatic N) is 2. The topological polar surface area (TPSA) is 46.9 Å². The minimum atomic E-state index is -0.0525. The van der Waals surface area contributed by atoms with E-state index in [2.05, 4.69) is 30.2 Å². The van der Waals surface area contributed by atoms with Crippen LogP contribution >= 0.6 is 0 Å². The van der Waals surface area contributed by atoms with Crippen LogP contribution in [0.25, 0.3) is 0 Å². The molecular formula is C14H21N3O. The van der Waals surface area contributed by atoms with E-state index in [1.54, 1.807) is 0 Å². The molecule has 0 saturated carbocycles. The predicted molar refractivity (Wildman–Crippen MR) is 72.1 cm³/mol. The van der Waals surface area contributed by atoms with Crippen molar-refractivity contribution in [2.24, 2.45) is 5.92 Å². The van der Waals surface area contributed by atoms with Crippen LogP contribution in [0.1, 0.15) is 30.8 Å². The van der Waals surface area contributed by atoms with Gasteiger partial charge in [-0.05, 0) is 19.8 Å². The number of hydrogen-bond donors (Lipinski definition) is 1. The van der Waals surface area contributed by atoms with Gasteiger partial charge in [0.05, 0.1) is 18.7 Å². The average molecular weight is 247 g/mol. The van der Waals surface area contributed by atoms with Gasteiger partial charge >= 0.3 is 0 Å². The lowest BCUT2D eigenvalue weighted by molar-refractivity contribution is -0.120. The molecule has 4 heteroatoms. The van der Waals surface area contributed by atoms with Gasteiger partial charge in [0, 0.05) is 17.8 Å². The van der Waals surface area contributed by atoms with Crippen LogP contribution in [0.2, 0.25) is 0 Å². The molecule has 0 spiro atoms. The molecule has 0 aliphatic heterocycles. The summed E-state index contributed by atoms with van der Waals surface area (Å²) in [6.45, 7) is 9.39. The van der Waals surface area contributed by atoms with Gasteiger partial charge in [-0.2, -0.15) is 5.10 Å². The molecular weight excluding hydrogens is 226 g/mol. The lowest BCUT2D eigenvalue weighted by Crippen LogP contribution is -2.25. The zero-order chi connectivity index (χ0) is 13.7. The van der Waals surface area contributed by atoms with Gasteiger partial charge < -0.3 is 5.32 Å². The van der Waals surface area contributed by atoms with E-state index >= 15 is 0 Å². The highest BCUT2D eigenvalue weighted by Crippen LogP contribution is 2.15. The third kappa shape index (κ3) is 3.63. The van der Waals surface area contributed by atoms with E-state index in [0.29, 0.717) is 12.3 Å². The smallest absolute Gasteiger partial charge is 0.225 e. The Bertz CT molecular complexity index is 466. The SMILES string of the molecule is C#CCNC(=O)Cc1c(C)nn(CC(C)C)c1C. The molecule has 1 N–H and O–H groups in total. The van der Waals surface area contributed by atoms with Gasteiger partial charge in [0.1, 0.15) is 0 Å². The number of aryl methyl sites for hydroxylation is 1. The number of terminal acetylenes is 1. The summed E-state index contributed by atoms with van der Waals surface area (Å²) >= 11 is 0. The first kappa shape index (κ1) is 14.3. The molecule has 0 aliphatic carbocycles. The lowest BCUT2D eigenvalue weighted by Gasteiger charge is -2.08. The number of hydrogen-bond acceptors (Lipinski definition) is 2. The van der Waals surface area contributed by atoms with Crippen molar-refractivity contribution in [2.75, 3.05) is 6.54 Å². The van der Waals surface area contributed by atoms with Crippen LogP contribution < -0.4 is 5.32 Å². The van der Waals surface area contributed by atoms with E-state index in [-0.39, 0.29) is 12.5 Å². The molecule has 0 fully saturated rings. The summed E-state index contributed by atoms with van der Waals surface area (Å²) < 4.78 is 1.98. The molecule has 0 saturated heterocycles. The Hall–Kier alpha value is -1.76. The van der Waals surface area contributed by atoms with Gasteiger partial charge in [0.2, 0.25) is 5.91 Å². The summed E-state index contributed by atoms with van der Waals surface area (Å²) in [6, 6.07) is 0. The van der Waals surface area contributed by atoms with Crippen molar-refractivity contribution >= 4 is 5.91 Å². The number of carbonyl (C=O) groups excluding carboxylic acids is 1. The van der Waals surface area contributed by atoms with Crippen molar-refractivity contribution in [3.8, 4) is 12.3 Å². The quantitative estimate of drug-likeness (QED) is 0.800. The number of carbonyl (C=O) groups is 1. The minimum Gasteiger partial charge on any atom is -0.345 e. The summed E-state index contributed by atoms with van der Waals surface area (Å²) in [5.41, 5.74) is 2.99. The molecule has 18 heavy (non-hydrogen) atoms. The summed E-state index contributed by atoms with van der Waals surface area (Å²) in [5.74, 6) is 2.87. The Labute approximate surface area is 109 Å². The Morgan fingerprint density at radius 3 is 2.72 bits per heavy atom. The van der Waals surface area contributed by atoms with E-state index < -0.39 is 0 Å². The van der Waals surface area contributed by atoms with E-state index in [9.17, 15) is 4.79 Å². The molecule has 4 nitrogen and oxygen atoms in total. The maximum atomic E-state index is 11.7. The van der Waals surface area contributed by atoms with Crippen molar-refractivity contribution in [3.05, 3.63) is 17.0 Å². The van der Waals surface area contributed by atoms with Crippen LogP contribution in [0, 0.1) is 32.1 Å². The maximum absolute atomic E-state index is 11.7. The van der Waals surface area contributed by atoms with Gasteiger partial charge in [0.25, 0.3) is 0 Å². The summed E-state index contributed by atoms with van der Waals surface area (Å²) in [5, 5.41) is 7.15. The largest absolute Gasteiger partial charge is 0.345 e. The number of nitrogens with one attached hydrogen (secondary N) is 1. The predicted octanol–water partition coefficient (Wildman–Crippen LogP) is 1.45. The van der Waals surface area contributed by atoms with E-state index in [0.717, 1.165) is 23.5 Å². The highest BCUT2D eigenvalue weighted by atomic mass is 16.1.